The molecule has 3 aliphatic heterocycles. The summed E-state index contributed by atoms with van der Waals surface area (Å²) in [5, 5.41) is 7.38. The Kier molecular flexibility index (Phi) is 5.42. The maximum absolute atomic E-state index is 14.4. The summed E-state index contributed by atoms with van der Waals surface area (Å²) < 4.78 is 34.2. The standard InChI is InChI=1S/C29H30F2N2O/c1-18-4-2-7-23-24(18)16-33-27(23)15-21-6-3-5-20-14-22(32-17-25(20)21)12-19-8-9-28-26(13-19)29(30,31)10-11-34-28/h2-9,13,22,27,32-33H,10-12,14-17H2,1H3. The molecule has 2 unspecified atom stereocenters. The summed E-state index contributed by atoms with van der Waals surface area (Å²) in [6.07, 6.45) is 2.36. The van der Waals surface area contributed by atoms with Crippen molar-refractivity contribution in [2.24, 2.45) is 0 Å². The first-order valence-corrected chi connectivity index (χ1v) is 12.3. The van der Waals surface area contributed by atoms with Crippen molar-refractivity contribution in [1.29, 1.82) is 0 Å². The number of halogens is 2. The average molecular weight is 461 g/mol. The molecule has 0 radical (unpaired) electrons. The Bertz CT molecular complexity index is 1240. The van der Waals surface area contributed by atoms with E-state index in [1.807, 2.05) is 6.07 Å². The molecular formula is C29H30F2N2O. The Labute approximate surface area is 199 Å². The van der Waals surface area contributed by atoms with Crippen LogP contribution in [0.15, 0.2) is 54.6 Å². The highest BCUT2D eigenvalue weighted by molar-refractivity contribution is 5.44. The summed E-state index contributed by atoms with van der Waals surface area (Å²) in [6, 6.07) is 19.1. The van der Waals surface area contributed by atoms with Gasteiger partial charge in [0.2, 0.25) is 0 Å². The van der Waals surface area contributed by atoms with Gasteiger partial charge in [-0.3, -0.25) is 0 Å². The topological polar surface area (TPSA) is 33.3 Å². The number of rotatable bonds is 4. The van der Waals surface area contributed by atoms with Crippen LogP contribution in [0, 0.1) is 6.92 Å². The lowest BCUT2D eigenvalue weighted by atomic mass is 9.86. The molecule has 0 spiro atoms. The van der Waals surface area contributed by atoms with Crippen molar-refractivity contribution in [3.05, 3.63) is 99.1 Å². The zero-order valence-corrected chi connectivity index (χ0v) is 19.5. The van der Waals surface area contributed by atoms with E-state index in [-0.39, 0.29) is 24.6 Å². The predicted molar refractivity (Wildman–Crippen MR) is 129 cm³/mol. The smallest absolute Gasteiger partial charge is 0.280 e. The summed E-state index contributed by atoms with van der Waals surface area (Å²) >= 11 is 0. The molecule has 0 amide bonds. The van der Waals surface area contributed by atoms with Crippen molar-refractivity contribution in [3.8, 4) is 5.75 Å². The molecule has 2 N–H and O–H groups in total. The minimum Gasteiger partial charge on any atom is -0.493 e. The molecule has 176 valence electrons. The first kappa shape index (κ1) is 21.8. The lowest BCUT2D eigenvalue weighted by Gasteiger charge is -2.30. The quantitative estimate of drug-likeness (QED) is 0.538. The Balaban J connectivity index is 1.19. The lowest BCUT2D eigenvalue weighted by molar-refractivity contribution is -0.0405. The molecule has 3 nitrogen and oxygen atoms in total. The maximum Gasteiger partial charge on any atom is 0.280 e. The number of hydrogen-bond donors (Lipinski definition) is 2. The highest BCUT2D eigenvalue weighted by atomic mass is 19.3. The molecular weight excluding hydrogens is 430 g/mol. The van der Waals surface area contributed by atoms with Gasteiger partial charge in [-0.1, -0.05) is 42.5 Å². The monoisotopic (exact) mass is 460 g/mol. The minimum atomic E-state index is -2.81. The SMILES string of the molecule is Cc1cccc2c1CNC2Cc1cccc2c1CNC(Cc1ccc3c(c1)C(F)(F)CCO3)C2. The molecule has 3 heterocycles. The van der Waals surface area contributed by atoms with Gasteiger partial charge in [0.15, 0.2) is 0 Å². The van der Waals surface area contributed by atoms with Crippen molar-refractivity contribution < 1.29 is 13.5 Å². The van der Waals surface area contributed by atoms with E-state index < -0.39 is 5.92 Å². The summed E-state index contributed by atoms with van der Waals surface area (Å²) in [5.41, 5.74) is 9.35. The molecule has 0 saturated carbocycles. The van der Waals surface area contributed by atoms with Crippen molar-refractivity contribution in [2.75, 3.05) is 6.61 Å². The van der Waals surface area contributed by atoms with E-state index in [4.69, 9.17) is 4.74 Å². The zero-order chi connectivity index (χ0) is 23.3. The second kappa shape index (κ2) is 8.47. The van der Waals surface area contributed by atoms with Gasteiger partial charge < -0.3 is 15.4 Å². The van der Waals surface area contributed by atoms with Crippen LogP contribution < -0.4 is 15.4 Å². The maximum atomic E-state index is 14.4. The first-order chi connectivity index (χ1) is 16.5. The molecule has 0 fully saturated rings. The Morgan fingerprint density at radius 1 is 0.971 bits per heavy atom. The number of alkyl halides is 2. The van der Waals surface area contributed by atoms with E-state index in [9.17, 15) is 8.78 Å². The summed E-state index contributed by atoms with van der Waals surface area (Å²) in [4.78, 5) is 0. The fourth-order valence-electron chi connectivity index (χ4n) is 5.88. The molecule has 2 atom stereocenters. The molecule has 6 rings (SSSR count). The van der Waals surface area contributed by atoms with Gasteiger partial charge >= 0.3 is 0 Å². The van der Waals surface area contributed by atoms with Crippen LogP contribution in [-0.2, 0) is 38.3 Å². The number of nitrogens with one attached hydrogen (secondary N) is 2. The molecule has 5 heteroatoms. The van der Waals surface area contributed by atoms with Gasteiger partial charge in [-0.05, 0) is 77.3 Å². The van der Waals surface area contributed by atoms with Crippen LogP contribution in [0.4, 0.5) is 8.78 Å². The van der Waals surface area contributed by atoms with E-state index in [2.05, 4.69) is 54.0 Å². The number of fused-ring (bicyclic) bond motifs is 3. The summed E-state index contributed by atoms with van der Waals surface area (Å²) in [7, 11) is 0. The second-order valence-electron chi connectivity index (χ2n) is 9.95. The highest BCUT2D eigenvalue weighted by Gasteiger charge is 2.38. The van der Waals surface area contributed by atoms with Crippen molar-refractivity contribution in [3.63, 3.8) is 0 Å². The normalized spacial score (nSPS) is 22.4. The van der Waals surface area contributed by atoms with Crippen molar-refractivity contribution >= 4 is 0 Å². The van der Waals surface area contributed by atoms with Crippen LogP contribution in [0.2, 0.25) is 0 Å². The van der Waals surface area contributed by atoms with Crippen LogP contribution >= 0.6 is 0 Å². The molecule has 0 aromatic heterocycles. The Morgan fingerprint density at radius 3 is 2.74 bits per heavy atom. The second-order valence-corrected chi connectivity index (χ2v) is 9.95. The van der Waals surface area contributed by atoms with E-state index in [1.54, 1.807) is 12.1 Å². The molecule has 3 aromatic rings. The Hall–Kier alpha value is -2.76. The fourth-order valence-corrected chi connectivity index (χ4v) is 5.88. The largest absolute Gasteiger partial charge is 0.493 e. The third-order valence-corrected chi connectivity index (χ3v) is 7.77. The number of aryl methyl sites for hydroxylation is 1. The first-order valence-electron chi connectivity index (χ1n) is 12.3. The van der Waals surface area contributed by atoms with Crippen LogP contribution in [0.1, 0.15) is 57.0 Å². The number of hydrogen-bond acceptors (Lipinski definition) is 3. The van der Waals surface area contributed by atoms with E-state index in [0.717, 1.165) is 37.9 Å². The van der Waals surface area contributed by atoms with E-state index in [1.165, 1.54) is 33.4 Å². The molecule has 3 aromatic carbocycles. The number of ether oxygens (including phenoxy) is 1. The minimum absolute atomic E-state index is 0.0364. The van der Waals surface area contributed by atoms with Gasteiger partial charge in [-0.2, -0.15) is 0 Å². The van der Waals surface area contributed by atoms with Gasteiger partial charge in [0.05, 0.1) is 18.6 Å². The van der Waals surface area contributed by atoms with Crippen LogP contribution in [0.5, 0.6) is 5.75 Å². The highest BCUT2D eigenvalue weighted by Crippen LogP contribution is 2.42. The summed E-state index contributed by atoms with van der Waals surface area (Å²) in [5.74, 6) is -2.49. The molecule has 3 aliphatic rings. The van der Waals surface area contributed by atoms with Gasteiger partial charge in [-0.25, -0.2) is 8.78 Å². The lowest BCUT2D eigenvalue weighted by Crippen LogP contribution is -2.38. The van der Waals surface area contributed by atoms with Crippen LogP contribution in [0.25, 0.3) is 0 Å². The van der Waals surface area contributed by atoms with Crippen molar-refractivity contribution in [1.82, 2.24) is 10.6 Å². The molecule has 0 saturated heterocycles. The van der Waals surface area contributed by atoms with Crippen LogP contribution in [0.3, 0.4) is 0 Å². The van der Waals surface area contributed by atoms with E-state index in [0.29, 0.717) is 11.8 Å². The van der Waals surface area contributed by atoms with Crippen LogP contribution in [-0.4, -0.2) is 12.6 Å². The fraction of sp³-hybridized carbons (Fsp3) is 0.379. The van der Waals surface area contributed by atoms with Gasteiger partial charge in [0, 0.05) is 25.2 Å². The third-order valence-electron chi connectivity index (χ3n) is 7.77. The average Bonchev–Trinajstić information content (AvgIpc) is 3.23. The summed E-state index contributed by atoms with van der Waals surface area (Å²) in [6.45, 7) is 4.01. The molecule has 34 heavy (non-hydrogen) atoms. The molecule has 0 bridgehead atoms. The molecule has 0 aliphatic carbocycles. The van der Waals surface area contributed by atoms with E-state index >= 15 is 0 Å². The Morgan fingerprint density at radius 2 is 1.82 bits per heavy atom. The van der Waals surface area contributed by atoms with Crippen molar-refractivity contribution in [2.45, 2.75) is 63.7 Å². The van der Waals surface area contributed by atoms with Gasteiger partial charge in [-0.15, -0.1) is 0 Å². The third kappa shape index (κ3) is 3.91. The van der Waals surface area contributed by atoms with Gasteiger partial charge in [0.25, 0.3) is 5.92 Å². The van der Waals surface area contributed by atoms with Gasteiger partial charge in [0.1, 0.15) is 5.75 Å². The zero-order valence-electron chi connectivity index (χ0n) is 19.5. The number of benzene rings is 3. The predicted octanol–water partition coefficient (Wildman–Crippen LogP) is 5.51.